The van der Waals surface area contributed by atoms with Gasteiger partial charge in [-0.05, 0) is 44.7 Å². The molecule has 0 spiro atoms. The van der Waals surface area contributed by atoms with Crippen molar-refractivity contribution in [2.24, 2.45) is 5.92 Å². The highest BCUT2D eigenvalue weighted by molar-refractivity contribution is 6.30. The molecule has 0 radical (unpaired) electrons. The first-order chi connectivity index (χ1) is 9.62. The van der Waals surface area contributed by atoms with Gasteiger partial charge in [-0.3, -0.25) is 0 Å². The lowest BCUT2D eigenvalue weighted by atomic mass is 9.99. The molecule has 2 fully saturated rings. The monoisotopic (exact) mass is 299 g/mol. The van der Waals surface area contributed by atoms with E-state index in [1.165, 1.54) is 25.7 Å². The minimum atomic E-state index is -0.471. The highest BCUT2D eigenvalue weighted by atomic mass is 35.5. The Morgan fingerprint density at radius 2 is 2.20 bits per heavy atom. The van der Waals surface area contributed by atoms with Gasteiger partial charge in [-0.2, -0.15) is 0 Å². The van der Waals surface area contributed by atoms with Crippen LogP contribution in [-0.4, -0.2) is 25.8 Å². The molecular weight excluding hydrogens is 281 g/mol. The molecule has 2 aliphatic rings. The first kappa shape index (κ1) is 14.0. The Morgan fingerprint density at radius 1 is 1.40 bits per heavy atom. The normalized spacial score (nSPS) is 23.6. The summed E-state index contributed by atoms with van der Waals surface area (Å²) in [6, 6.07) is 2.80. The predicted octanol–water partition coefficient (Wildman–Crippen LogP) is 3.40. The molecule has 0 bridgehead atoms. The number of nitrogens with one attached hydrogen (secondary N) is 1. The minimum absolute atomic E-state index is 0.0547. The predicted molar refractivity (Wildman–Crippen MR) is 76.1 cm³/mol. The maximum atomic E-state index is 13.6. The lowest BCUT2D eigenvalue weighted by Gasteiger charge is -2.22. The highest BCUT2D eigenvalue weighted by Crippen LogP contribution is 2.48. The molecule has 5 heteroatoms. The average Bonchev–Trinajstić information content (AvgIpc) is 2.97. The molecule has 1 aromatic rings. The first-order valence-electron chi connectivity index (χ1n) is 7.05. The zero-order chi connectivity index (χ0) is 14.2. The van der Waals surface area contributed by atoms with Crippen LogP contribution in [0.2, 0.25) is 5.02 Å². The van der Waals surface area contributed by atoms with Crippen LogP contribution in [-0.2, 0) is 0 Å². The van der Waals surface area contributed by atoms with Crippen LogP contribution in [0.3, 0.4) is 0 Å². The van der Waals surface area contributed by atoms with Crippen LogP contribution in [0.25, 0.3) is 0 Å². The second-order valence-corrected chi connectivity index (χ2v) is 6.17. The van der Waals surface area contributed by atoms with Gasteiger partial charge >= 0.3 is 0 Å². The number of ether oxygens (including phenoxy) is 2. The summed E-state index contributed by atoms with van der Waals surface area (Å²) in [5.74, 6) is 1.13. The van der Waals surface area contributed by atoms with E-state index in [1.54, 1.807) is 0 Å². The molecule has 1 N–H and O–H groups in total. The second-order valence-electron chi connectivity index (χ2n) is 5.77. The van der Waals surface area contributed by atoms with E-state index in [2.05, 4.69) is 5.32 Å². The van der Waals surface area contributed by atoms with E-state index in [-0.39, 0.29) is 10.6 Å². The van der Waals surface area contributed by atoms with Crippen LogP contribution in [0.4, 0.5) is 4.39 Å². The van der Waals surface area contributed by atoms with Crippen LogP contribution in [0.5, 0.6) is 11.5 Å². The average molecular weight is 300 g/mol. The van der Waals surface area contributed by atoms with Gasteiger partial charge in [-0.1, -0.05) is 11.6 Å². The minimum Gasteiger partial charge on any atom is -0.493 e. The van der Waals surface area contributed by atoms with Crippen molar-refractivity contribution in [1.82, 2.24) is 5.32 Å². The summed E-state index contributed by atoms with van der Waals surface area (Å²) < 4.78 is 24.9. The fourth-order valence-electron chi connectivity index (χ4n) is 2.88. The van der Waals surface area contributed by atoms with E-state index < -0.39 is 5.82 Å². The molecule has 3 rings (SSSR count). The quantitative estimate of drug-likeness (QED) is 0.904. The van der Waals surface area contributed by atoms with Gasteiger partial charge in [0.2, 0.25) is 0 Å². The van der Waals surface area contributed by atoms with E-state index in [4.69, 9.17) is 21.1 Å². The van der Waals surface area contributed by atoms with Gasteiger partial charge in [0.15, 0.2) is 11.5 Å². The molecule has 1 aromatic carbocycles. The molecule has 1 unspecified atom stereocenters. The number of hydrogen-bond donors (Lipinski definition) is 1. The molecule has 0 aromatic heterocycles. The van der Waals surface area contributed by atoms with Crippen molar-refractivity contribution in [3.05, 3.63) is 23.0 Å². The third kappa shape index (κ3) is 2.86. The maximum Gasteiger partial charge on any atom is 0.165 e. The number of halogens is 2. The summed E-state index contributed by atoms with van der Waals surface area (Å²) in [6.45, 7) is 2.14. The molecule has 1 aliphatic heterocycles. The summed E-state index contributed by atoms with van der Waals surface area (Å²) in [5, 5.41) is 3.42. The highest BCUT2D eigenvalue weighted by Gasteiger charge is 2.47. The van der Waals surface area contributed by atoms with Gasteiger partial charge in [0.25, 0.3) is 0 Å². The van der Waals surface area contributed by atoms with Crippen molar-refractivity contribution in [3.8, 4) is 11.5 Å². The summed E-state index contributed by atoms with van der Waals surface area (Å²) in [6.07, 6.45) is 4.26. The Kier molecular flexibility index (Phi) is 3.78. The molecular formula is C15H19ClFNO2. The number of benzene rings is 1. The van der Waals surface area contributed by atoms with Gasteiger partial charge in [-0.15, -0.1) is 0 Å². The van der Waals surface area contributed by atoms with E-state index in [0.717, 1.165) is 32.4 Å². The number of methoxy groups -OCH3 is 1. The van der Waals surface area contributed by atoms with Crippen molar-refractivity contribution in [1.29, 1.82) is 0 Å². The van der Waals surface area contributed by atoms with Gasteiger partial charge in [0, 0.05) is 12.1 Å². The van der Waals surface area contributed by atoms with Crippen LogP contribution >= 0.6 is 11.6 Å². The van der Waals surface area contributed by atoms with E-state index in [9.17, 15) is 4.39 Å². The molecule has 1 atom stereocenters. The van der Waals surface area contributed by atoms with Gasteiger partial charge in [-0.25, -0.2) is 4.39 Å². The van der Waals surface area contributed by atoms with Crippen molar-refractivity contribution < 1.29 is 13.9 Å². The molecule has 1 heterocycles. The maximum absolute atomic E-state index is 13.6. The Bertz CT molecular complexity index is 499. The molecule has 1 saturated carbocycles. The van der Waals surface area contributed by atoms with Crippen molar-refractivity contribution >= 4 is 11.6 Å². The van der Waals surface area contributed by atoms with Crippen LogP contribution < -0.4 is 14.8 Å². The summed E-state index contributed by atoms with van der Waals surface area (Å²) in [7, 11) is 1.54. The van der Waals surface area contributed by atoms with Crippen LogP contribution in [0.1, 0.15) is 25.7 Å². The van der Waals surface area contributed by atoms with Crippen LogP contribution in [0, 0.1) is 11.7 Å². The fourth-order valence-corrected chi connectivity index (χ4v) is 3.04. The van der Waals surface area contributed by atoms with Gasteiger partial charge in [0.1, 0.15) is 11.4 Å². The number of rotatable bonds is 5. The summed E-state index contributed by atoms with van der Waals surface area (Å²) in [5.41, 5.74) is -0.135. The topological polar surface area (TPSA) is 30.5 Å². The summed E-state index contributed by atoms with van der Waals surface area (Å²) in [4.78, 5) is 0. The van der Waals surface area contributed by atoms with E-state index in [1.807, 2.05) is 0 Å². The molecule has 1 aliphatic carbocycles. The largest absolute Gasteiger partial charge is 0.493 e. The Labute approximate surface area is 123 Å². The Hall–Kier alpha value is -1.00. The van der Waals surface area contributed by atoms with Crippen molar-refractivity contribution in [3.63, 3.8) is 0 Å². The standard InChI is InChI=1S/C15H19ClFNO2/c1-19-13-6-11(16)12(17)7-14(13)20-15(3-4-15)8-10-2-5-18-9-10/h6-7,10,18H,2-5,8-9H2,1H3. The third-order valence-corrected chi connectivity index (χ3v) is 4.45. The zero-order valence-electron chi connectivity index (χ0n) is 11.5. The number of hydrogen-bond acceptors (Lipinski definition) is 3. The Morgan fingerprint density at radius 3 is 2.80 bits per heavy atom. The molecule has 110 valence electrons. The fraction of sp³-hybridized carbons (Fsp3) is 0.600. The van der Waals surface area contributed by atoms with Crippen molar-refractivity contribution in [2.75, 3.05) is 20.2 Å². The molecule has 20 heavy (non-hydrogen) atoms. The second kappa shape index (κ2) is 5.41. The molecule has 3 nitrogen and oxygen atoms in total. The van der Waals surface area contributed by atoms with E-state index >= 15 is 0 Å². The Balaban J connectivity index is 1.75. The smallest absolute Gasteiger partial charge is 0.165 e. The van der Waals surface area contributed by atoms with Gasteiger partial charge < -0.3 is 14.8 Å². The SMILES string of the molecule is COc1cc(Cl)c(F)cc1OC1(CC2CCNC2)CC1. The molecule has 1 saturated heterocycles. The lowest BCUT2D eigenvalue weighted by molar-refractivity contribution is 0.142. The third-order valence-electron chi connectivity index (χ3n) is 4.16. The van der Waals surface area contributed by atoms with Gasteiger partial charge in [0.05, 0.1) is 12.1 Å². The van der Waals surface area contributed by atoms with Crippen LogP contribution in [0.15, 0.2) is 12.1 Å². The zero-order valence-corrected chi connectivity index (χ0v) is 12.3. The first-order valence-corrected chi connectivity index (χ1v) is 7.42. The lowest BCUT2D eigenvalue weighted by Crippen LogP contribution is -2.24. The van der Waals surface area contributed by atoms with Crippen molar-refractivity contribution in [2.45, 2.75) is 31.3 Å². The van der Waals surface area contributed by atoms with E-state index in [0.29, 0.717) is 17.4 Å². The molecule has 0 amide bonds. The summed E-state index contributed by atoms with van der Waals surface area (Å²) >= 11 is 5.77.